The molecule has 30 heavy (non-hydrogen) atoms. The highest BCUT2D eigenvalue weighted by molar-refractivity contribution is 7.89. The average Bonchev–Trinajstić information content (AvgIpc) is 3.28. The van der Waals surface area contributed by atoms with Crippen LogP contribution < -0.4 is 10.1 Å². The van der Waals surface area contributed by atoms with Crippen LogP contribution in [0.3, 0.4) is 0 Å². The first-order valence-electron chi connectivity index (χ1n) is 10.2. The van der Waals surface area contributed by atoms with Crippen molar-refractivity contribution in [1.82, 2.24) is 4.31 Å². The zero-order valence-electron chi connectivity index (χ0n) is 17.1. The second kappa shape index (κ2) is 10.3. The summed E-state index contributed by atoms with van der Waals surface area (Å²) in [5.74, 6) is -0.0526. The number of carbonyl (C=O) groups is 1. The largest absolute Gasteiger partial charge is 0.482 e. The molecule has 0 aromatic heterocycles. The Hall–Kier alpha value is -2.09. The maximum absolute atomic E-state index is 12.6. The lowest BCUT2D eigenvalue weighted by Crippen LogP contribution is -2.27. The molecule has 0 atom stereocenters. The lowest BCUT2D eigenvalue weighted by molar-refractivity contribution is -0.118. The minimum Gasteiger partial charge on any atom is -0.482 e. The quantitative estimate of drug-likeness (QED) is 0.610. The summed E-state index contributed by atoms with van der Waals surface area (Å²) in [5.41, 5.74) is 1.93. The molecule has 1 aliphatic heterocycles. The van der Waals surface area contributed by atoms with Crippen LogP contribution in [0.4, 0.5) is 5.69 Å². The van der Waals surface area contributed by atoms with Crippen molar-refractivity contribution >= 4 is 33.2 Å². The molecule has 1 fully saturated rings. The summed E-state index contributed by atoms with van der Waals surface area (Å²) in [4.78, 5) is 12.3. The lowest BCUT2D eigenvalue weighted by atomic mass is 10.1. The summed E-state index contributed by atoms with van der Waals surface area (Å²) in [5, 5.41) is 2.93. The Labute approximate surface area is 183 Å². The van der Waals surface area contributed by atoms with Crippen molar-refractivity contribution < 1.29 is 17.9 Å². The Morgan fingerprint density at radius 3 is 2.47 bits per heavy atom. The SMILES string of the molecule is CCCCc1ccc(NC(=O)COc2ccc(S(=O)(=O)N3CCCC3)cc2Cl)cc1. The van der Waals surface area contributed by atoms with Crippen molar-refractivity contribution in [2.45, 2.75) is 43.9 Å². The zero-order valence-corrected chi connectivity index (χ0v) is 18.6. The van der Waals surface area contributed by atoms with Crippen LogP contribution in [-0.4, -0.2) is 38.3 Å². The molecule has 2 aromatic rings. The van der Waals surface area contributed by atoms with Crippen molar-refractivity contribution in [3.05, 3.63) is 53.1 Å². The number of hydrogen-bond acceptors (Lipinski definition) is 4. The first kappa shape index (κ1) is 22.6. The Kier molecular flexibility index (Phi) is 7.75. The van der Waals surface area contributed by atoms with Crippen LogP contribution in [0.1, 0.15) is 38.2 Å². The number of rotatable bonds is 9. The van der Waals surface area contributed by atoms with Gasteiger partial charge in [0.15, 0.2) is 6.61 Å². The third-order valence-electron chi connectivity index (χ3n) is 5.02. The molecule has 1 saturated heterocycles. The molecule has 1 amide bonds. The highest BCUT2D eigenvalue weighted by Gasteiger charge is 2.27. The van der Waals surface area contributed by atoms with E-state index in [4.69, 9.17) is 16.3 Å². The van der Waals surface area contributed by atoms with Gasteiger partial charge in [-0.3, -0.25) is 4.79 Å². The molecule has 0 unspecified atom stereocenters. The number of nitrogens with zero attached hydrogens (tertiary/aromatic N) is 1. The molecule has 1 N–H and O–H groups in total. The fraction of sp³-hybridized carbons (Fsp3) is 0.409. The van der Waals surface area contributed by atoms with E-state index in [0.717, 1.165) is 32.1 Å². The number of ether oxygens (including phenoxy) is 1. The number of amides is 1. The van der Waals surface area contributed by atoms with E-state index in [9.17, 15) is 13.2 Å². The van der Waals surface area contributed by atoms with Gasteiger partial charge in [-0.2, -0.15) is 4.31 Å². The van der Waals surface area contributed by atoms with Gasteiger partial charge in [0.05, 0.1) is 9.92 Å². The molecule has 1 heterocycles. The highest BCUT2D eigenvalue weighted by atomic mass is 35.5. The van der Waals surface area contributed by atoms with Crippen LogP contribution in [0.5, 0.6) is 5.75 Å². The lowest BCUT2D eigenvalue weighted by Gasteiger charge is -2.16. The topological polar surface area (TPSA) is 75.7 Å². The van der Waals surface area contributed by atoms with Gasteiger partial charge >= 0.3 is 0 Å². The predicted octanol–water partition coefficient (Wildman–Crippen LogP) is 4.48. The molecular weight excluding hydrogens is 424 g/mol. The minimum atomic E-state index is -3.55. The smallest absolute Gasteiger partial charge is 0.262 e. The summed E-state index contributed by atoms with van der Waals surface area (Å²) in [7, 11) is -3.55. The van der Waals surface area contributed by atoms with E-state index >= 15 is 0 Å². The number of unbranched alkanes of at least 4 members (excludes halogenated alkanes) is 1. The third-order valence-corrected chi connectivity index (χ3v) is 7.21. The number of carbonyl (C=O) groups excluding carboxylic acids is 1. The van der Waals surface area contributed by atoms with E-state index < -0.39 is 10.0 Å². The fourth-order valence-corrected chi connectivity index (χ4v) is 5.16. The Bertz CT molecular complexity index is 971. The number of sulfonamides is 1. The molecule has 6 nitrogen and oxygen atoms in total. The monoisotopic (exact) mass is 450 g/mol. The Balaban J connectivity index is 1.55. The number of benzene rings is 2. The van der Waals surface area contributed by atoms with Gasteiger partial charge in [-0.25, -0.2) is 8.42 Å². The number of hydrogen-bond donors (Lipinski definition) is 1. The van der Waals surface area contributed by atoms with E-state index in [-0.39, 0.29) is 28.2 Å². The van der Waals surface area contributed by atoms with E-state index in [1.807, 2.05) is 24.3 Å². The second-order valence-electron chi connectivity index (χ2n) is 7.34. The maximum Gasteiger partial charge on any atom is 0.262 e. The summed E-state index contributed by atoms with van der Waals surface area (Å²) < 4.78 is 32.2. The van der Waals surface area contributed by atoms with Gasteiger partial charge in [0.1, 0.15) is 5.75 Å². The first-order valence-corrected chi connectivity index (χ1v) is 12.0. The van der Waals surface area contributed by atoms with Gasteiger partial charge < -0.3 is 10.1 Å². The van der Waals surface area contributed by atoms with Crippen molar-refractivity contribution in [2.24, 2.45) is 0 Å². The summed E-state index contributed by atoms with van der Waals surface area (Å²) in [6, 6.07) is 12.1. The van der Waals surface area contributed by atoms with E-state index in [0.29, 0.717) is 18.8 Å². The molecule has 1 aliphatic rings. The molecule has 0 radical (unpaired) electrons. The molecular formula is C22H27ClN2O4S. The maximum atomic E-state index is 12.6. The van der Waals surface area contributed by atoms with E-state index in [1.165, 1.54) is 28.1 Å². The molecule has 8 heteroatoms. The highest BCUT2D eigenvalue weighted by Crippen LogP contribution is 2.30. The predicted molar refractivity (Wildman–Crippen MR) is 119 cm³/mol. The second-order valence-corrected chi connectivity index (χ2v) is 9.69. The van der Waals surface area contributed by atoms with Crippen LogP contribution in [0.2, 0.25) is 5.02 Å². The molecule has 2 aromatic carbocycles. The van der Waals surface area contributed by atoms with Gasteiger partial charge in [0.25, 0.3) is 5.91 Å². The molecule has 0 saturated carbocycles. The van der Waals surface area contributed by atoms with Gasteiger partial charge in [-0.15, -0.1) is 0 Å². The van der Waals surface area contributed by atoms with Gasteiger partial charge in [-0.1, -0.05) is 37.1 Å². The molecule has 0 bridgehead atoms. The van der Waals surface area contributed by atoms with Gasteiger partial charge in [0.2, 0.25) is 10.0 Å². The molecule has 3 rings (SSSR count). The zero-order chi connectivity index (χ0) is 21.6. The van der Waals surface area contributed by atoms with E-state index in [2.05, 4.69) is 12.2 Å². The minimum absolute atomic E-state index is 0.134. The van der Waals surface area contributed by atoms with Crippen molar-refractivity contribution in [2.75, 3.05) is 25.0 Å². The summed E-state index contributed by atoms with van der Waals surface area (Å²) in [6.07, 6.45) is 5.03. The van der Waals surface area contributed by atoms with Crippen LogP contribution in [0, 0.1) is 0 Å². The van der Waals surface area contributed by atoms with Crippen LogP contribution in [0.25, 0.3) is 0 Å². The first-order chi connectivity index (χ1) is 14.4. The number of aryl methyl sites for hydroxylation is 1. The Morgan fingerprint density at radius 2 is 1.83 bits per heavy atom. The average molecular weight is 451 g/mol. The summed E-state index contributed by atoms with van der Waals surface area (Å²) in [6.45, 7) is 2.98. The molecule has 0 spiro atoms. The van der Waals surface area contributed by atoms with Crippen molar-refractivity contribution in [3.8, 4) is 5.75 Å². The normalized spacial score (nSPS) is 14.6. The van der Waals surface area contributed by atoms with Crippen LogP contribution >= 0.6 is 11.6 Å². The van der Waals surface area contributed by atoms with Gasteiger partial charge in [-0.05, 0) is 61.6 Å². The number of anilines is 1. The Morgan fingerprint density at radius 1 is 1.13 bits per heavy atom. The number of nitrogens with one attached hydrogen (secondary N) is 1. The van der Waals surface area contributed by atoms with Crippen molar-refractivity contribution in [1.29, 1.82) is 0 Å². The summed E-state index contributed by atoms with van der Waals surface area (Å²) >= 11 is 6.21. The third kappa shape index (κ3) is 5.74. The standard InChI is InChI=1S/C22H27ClN2O4S/c1-2-3-6-17-7-9-18(10-8-17)24-22(26)16-29-21-12-11-19(15-20(21)23)30(27,28)25-13-4-5-14-25/h7-12,15H,2-6,13-14,16H2,1H3,(H,24,26). The fourth-order valence-electron chi connectivity index (χ4n) is 3.31. The molecule has 162 valence electrons. The van der Waals surface area contributed by atoms with Crippen LogP contribution in [-0.2, 0) is 21.2 Å². The number of halogens is 1. The van der Waals surface area contributed by atoms with Crippen LogP contribution in [0.15, 0.2) is 47.4 Å². The van der Waals surface area contributed by atoms with Gasteiger partial charge in [0, 0.05) is 18.8 Å². The molecule has 0 aliphatic carbocycles. The van der Waals surface area contributed by atoms with E-state index in [1.54, 1.807) is 0 Å². The van der Waals surface area contributed by atoms with Crippen molar-refractivity contribution in [3.63, 3.8) is 0 Å².